The highest BCUT2D eigenvalue weighted by Gasteiger charge is 2.29. The van der Waals surface area contributed by atoms with Crippen LogP contribution in [0.2, 0.25) is 0 Å². The van der Waals surface area contributed by atoms with Gasteiger partial charge in [-0.1, -0.05) is 24.6 Å². The Kier molecular flexibility index (Phi) is 5.80. The van der Waals surface area contributed by atoms with Crippen LogP contribution in [0.4, 0.5) is 0 Å². The van der Waals surface area contributed by atoms with Gasteiger partial charge in [0.2, 0.25) is 11.7 Å². The van der Waals surface area contributed by atoms with E-state index >= 15 is 0 Å². The van der Waals surface area contributed by atoms with Gasteiger partial charge in [0.15, 0.2) is 0 Å². The Labute approximate surface area is 142 Å². The van der Waals surface area contributed by atoms with Gasteiger partial charge in [0.05, 0.1) is 5.69 Å². The quantitative estimate of drug-likeness (QED) is 0.900. The summed E-state index contributed by atoms with van der Waals surface area (Å²) in [6.07, 6.45) is 3.16. The fourth-order valence-corrected chi connectivity index (χ4v) is 3.05. The van der Waals surface area contributed by atoms with E-state index in [1.807, 2.05) is 30.3 Å². The lowest BCUT2D eigenvalue weighted by Crippen LogP contribution is -2.39. The van der Waals surface area contributed by atoms with Gasteiger partial charge in [-0.3, -0.25) is 4.79 Å². The van der Waals surface area contributed by atoms with Gasteiger partial charge in [-0.25, -0.2) is 4.98 Å². The molecule has 1 amide bonds. The molecule has 124 valence electrons. The average molecular weight is 336 g/mol. The van der Waals surface area contributed by atoms with E-state index in [0.29, 0.717) is 29.8 Å². The lowest BCUT2D eigenvalue weighted by molar-refractivity contribution is 0.0900. The number of rotatable bonds is 4. The fourth-order valence-electron chi connectivity index (χ4n) is 3.05. The average Bonchev–Trinajstić information content (AvgIpc) is 3.14. The minimum atomic E-state index is -0.197. The number of nitrogens with one attached hydrogen (secondary N) is 1. The van der Waals surface area contributed by atoms with Crippen LogP contribution in [0.5, 0.6) is 0 Å². The third-order valence-electron chi connectivity index (χ3n) is 4.30. The van der Waals surface area contributed by atoms with Gasteiger partial charge >= 0.3 is 0 Å². The molecule has 2 unspecified atom stereocenters. The summed E-state index contributed by atoms with van der Waals surface area (Å²) < 4.78 is 5.69. The van der Waals surface area contributed by atoms with Gasteiger partial charge < -0.3 is 15.5 Å². The fraction of sp³-hybridized carbons (Fsp3) is 0.412. The Balaban J connectivity index is 0.00000192. The second-order valence-electron chi connectivity index (χ2n) is 5.81. The van der Waals surface area contributed by atoms with Crippen molar-refractivity contribution in [3.63, 3.8) is 0 Å². The summed E-state index contributed by atoms with van der Waals surface area (Å²) in [7, 11) is 0. The van der Waals surface area contributed by atoms with Gasteiger partial charge in [0, 0.05) is 11.6 Å². The van der Waals surface area contributed by atoms with Gasteiger partial charge in [-0.15, -0.1) is 12.4 Å². The zero-order chi connectivity index (χ0) is 15.5. The molecule has 0 spiro atoms. The van der Waals surface area contributed by atoms with Crippen LogP contribution in [0.3, 0.4) is 0 Å². The normalized spacial score (nSPS) is 20.1. The van der Waals surface area contributed by atoms with Crippen molar-refractivity contribution in [3.8, 4) is 11.5 Å². The number of hydrogen-bond acceptors (Lipinski definition) is 4. The maximum absolute atomic E-state index is 12.4. The summed E-state index contributed by atoms with van der Waals surface area (Å²) in [5.74, 6) is 0.935. The second kappa shape index (κ2) is 7.62. The largest absolute Gasteiger partial charge is 0.431 e. The molecule has 0 bridgehead atoms. The first kappa shape index (κ1) is 17.5. The van der Waals surface area contributed by atoms with E-state index < -0.39 is 0 Å². The Morgan fingerprint density at radius 3 is 2.78 bits per heavy atom. The number of carbonyl (C=O) groups excluding carboxylic acids is 1. The van der Waals surface area contributed by atoms with E-state index in [4.69, 9.17) is 10.2 Å². The minimum absolute atomic E-state index is 0. The molecule has 2 aromatic rings. The molecule has 0 saturated heterocycles. The highest BCUT2D eigenvalue weighted by Crippen LogP contribution is 2.26. The molecule has 1 saturated carbocycles. The predicted molar refractivity (Wildman–Crippen MR) is 91.6 cm³/mol. The van der Waals surface area contributed by atoms with Crippen molar-refractivity contribution in [1.29, 1.82) is 0 Å². The molecule has 23 heavy (non-hydrogen) atoms. The standard InChI is InChI=1S/C17H21N3O2.ClH/c1-11-15(16(21)20-14-9-5-8-13(14)10-18)22-17(19-11)12-6-3-2-4-7-12;/h2-4,6-7,13-14H,5,8-10,18H2,1H3,(H,20,21);1H. The number of aryl methyl sites for hydroxylation is 1. The number of carbonyl (C=O) groups is 1. The zero-order valence-electron chi connectivity index (χ0n) is 13.1. The monoisotopic (exact) mass is 335 g/mol. The SMILES string of the molecule is Cc1nc(-c2ccccc2)oc1C(=O)NC1CCCC1CN.Cl. The molecule has 1 aromatic carbocycles. The van der Waals surface area contributed by atoms with E-state index in [1.165, 1.54) is 0 Å². The lowest BCUT2D eigenvalue weighted by Gasteiger charge is -2.18. The Morgan fingerprint density at radius 2 is 2.09 bits per heavy atom. The predicted octanol–water partition coefficient (Wildman–Crippen LogP) is 2.93. The molecule has 1 aromatic heterocycles. The third kappa shape index (κ3) is 3.74. The first-order valence-corrected chi connectivity index (χ1v) is 7.73. The Bertz CT molecular complexity index is 657. The van der Waals surface area contributed by atoms with E-state index in [2.05, 4.69) is 10.3 Å². The maximum atomic E-state index is 12.4. The molecule has 1 heterocycles. The number of oxazole rings is 1. The first-order valence-electron chi connectivity index (χ1n) is 7.73. The van der Waals surface area contributed by atoms with Crippen LogP contribution in [0, 0.1) is 12.8 Å². The number of nitrogens with two attached hydrogens (primary N) is 1. The maximum Gasteiger partial charge on any atom is 0.289 e. The molecule has 0 radical (unpaired) electrons. The number of nitrogens with zero attached hydrogens (tertiary/aromatic N) is 1. The van der Waals surface area contributed by atoms with E-state index in [0.717, 1.165) is 24.8 Å². The minimum Gasteiger partial charge on any atom is -0.431 e. The topological polar surface area (TPSA) is 81.2 Å². The van der Waals surface area contributed by atoms with Crippen molar-refractivity contribution in [2.45, 2.75) is 32.2 Å². The first-order chi connectivity index (χ1) is 10.7. The lowest BCUT2D eigenvalue weighted by atomic mass is 10.0. The van der Waals surface area contributed by atoms with Crippen molar-refractivity contribution in [2.24, 2.45) is 11.7 Å². The summed E-state index contributed by atoms with van der Waals surface area (Å²) in [6.45, 7) is 2.40. The van der Waals surface area contributed by atoms with Crippen LogP contribution in [0.1, 0.15) is 35.5 Å². The van der Waals surface area contributed by atoms with E-state index in [1.54, 1.807) is 6.92 Å². The van der Waals surface area contributed by atoms with Crippen LogP contribution in [-0.4, -0.2) is 23.5 Å². The summed E-state index contributed by atoms with van der Waals surface area (Å²) in [6, 6.07) is 9.72. The van der Waals surface area contributed by atoms with Crippen molar-refractivity contribution < 1.29 is 9.21 Å². The van der Waals surface area contributed by atoms with Crippen LogP contribution < -0.4 is 11.1 Å². The highest BCUT2D eigenvalue weighted by atomic mass is 35.5. The highest BCUT2D eigenvalue weighted by molar-refractivity contribution is 5.93. The Hall–Kier alpha value is -1.85. The van der Waals surface area contributed by atoms with Gasteiger partial charge in [0.1, 0.15) is 0 Å². The third-order valence-corrected chi connectivity index (χ3v) is 4.30. The Morgan fingerprint density at radius 1 is 1.35 bits per heavy atom. The number of aromatic nitrogens is 1. The van der Waals surface area contributed by atoms with Gasteiger partial charge in [0.25, 0.3) is 5.91 Å². The number of amides is 1. The van der Waals surface area contributed by atoms with Crippen molar-refractivity contribution in [3.05, 3.63) is 41.8 Å². The molecule has 6 heteroatoms. The molecule has 1 fully saturated rings. The smallest absolute Gasteiger partial charge is 0.289 e. The van der Waals surface area contributed by atoms with Crippen molar-refractivity contribution in [2.75, 3.05) is 6.54 Å². The zero-order valence-corrected chi connectivity index (χ0v) is 13.9. The van der Waals surface area contributed by atoms with E-state index in [9.17, 15) is 4.79 Å². The van der Waals surface area contributed by atoms with Crippen LogP contribution >= 0.6 is 12.4 Å². The van der Waals surface area contributed by atoms with Crippen molar-refractivity contribution >= 4 is 18.3 Å². The summed E-state index contributed by atoms with van der Waals surface area (Å²) in [4.78, 5) is 16.8. The van der Waals surface area contributed by atoms with Crippen molar-refractivity contribution in [1.82, 2.24) is 10.3 Å². The number of halogens is 1. The van der Waals surface area contributed by atoms with Gasteiger partial charge in [-0.05, 0) is 44.4 Å². The number of benzene rings is 1. The number of hydrogen-bond donors (Lipinski definition) is 2. The van der Waals surface area contributed by atoms with Gasteiger partial charge in [-0.2, -0.15) is 0 Å². The summed E-state index contributed by atoms with van der Waals surface area (Å²) in [5.41, 5.74) is 7.24. The molecule has 1 aliphatic rings. The molecule has 1 aliphatic carbocycles. The second-order valence-corrected chi connectivity index (χ2v) is 5.81. The van der Waals surface area contributed by atoms with E-state index in [-0.39, 0.29) is 24.4 Å². The van der Waals surface area contributed by atoms with Crippen LogP contribution in [0.15, 0.2) is 34.7 Å². The molecule has 3 N–H and O–H groups in total. The summed E-state index contributed by atoms with van der Waals surface area (Å²) in [5, 5.41) is 3.05. The molecular formula is C17H22ClN3O2. The molecule has 3 rings (SSSR count). The van der Waals surface area contributed by atoms with Crippen LogP contribution in [-0.2, 0) is 0 Å². The molecule has 0 aliphatic heterocycles. The summed E-state index contributed by atoms with van der Waals surface area (Å²) >= 11 is 0. The molecule has 5 nitrogen and oxygen atoms in total. The molecular weight excluding hydrogens is 314 g/mol. The van der Waals surface area contributed by atoms with Crippen LogP contribution in [0.25, 0.3) is 11.5 Å². The molecule has 2 atom stereocenters.